The van der Waals surface area contributed by atoms with Gasteiger partial charge in [0, 0.05) is 12.6 Å². The molecule has 114 valence electrons. The van der Waals surface area contributed by atoms with E-state index in [2.05, 4.69) is 4.72 Å². The van der Waals surface area contributed by atoms with Crippen molar-refractivity contribution in [3.8, 4) is 0 Å². The number of hydrogen-bond acceptors (Lipinski definition) is 4. The lowest BCUT2D eigenvalue weighted by Crippen LogP contribution is -2.25. The molecule has 0 spiro atoms. The normalized spacial score (nSPS) is 11.8. The van der Waals surface area contributed by atoms with Crippen LogP contribution in [0.5, 0.6) is 0 Å². The maximum absolute atomic E-state index is 13.0. The molecule has 2 N–H and O–H groups in total. The number of nitrogens with one attached hydrogen (secondary N) is 1. The summed E-state index contributed by atoms with van der Waals surface area (Å²) in [6.45, 7) is -0.202. The van der Waals surface area contributed by atoms with Gasteiger partial charge in [0.25, 0.3) is 0 Å². The molecule has 21 heavy (non-hydrogen) atoms. The first-order chi connectivity index (χ1) is 9.90. The second-order valence-corrected chi connectivity index (χ2v) is 7.26. The zero-order valence-corrected chi connectivity index (χ0v) is 12.5. The Balaban J connectivity index is 1.98. The van der Waals surface area contributed by atoms with E-state index < -0.39 is 21.7 Å². The van der Waals surface area contributed by atoms with Crippen molar-refractivity contribution >= 4 is 21.4 Å². The van der Waals surface area contributed by atoms with Gasteiger partial charge in [-0.15, -0.1) is 11.3 Å². The first-order valence-corrected chi connectivity index (χ1v) is 8.40. The largest absolute Gasteiger partial charge is 0.392 e. The standard InChI is InChI=1S/C13H13F2NO3S2/c14-11-3-9(4-12(15)6-11)1-2-16-21(18,19)13-5-10(7-17)8-20-13/h3-6,8,16-17H,1-2,7H2. The van der Waals surface area contributed by atoms with Crippen LogP contribution in [-0.2, 0) is 23.1 Å². The minimum absolute atomic E-state index is 0.0254. The summed E-state index contributed by atoms with van der Waals surface area (Å²) < 4.78 is 52.4. The third-order valence-electron chi connectivity index (χ3n) is 2.71. The molecule has 0 aliphatic carbocycles. The van der Waals surface area contributed by atoms with Crippen molar-refractivity contribution in [3.63, 3.8) is 0 Å². The molecule has 2 aromatic rings. The summed E-state index contributed by atoms with van der Waals surface area (Å²) in [5.41, 5.74) is 0.894. The molecule has 8 heteroatoms. The number of benzene rings is 1. The van der Waals surface area contributed by atoms with Crippen molar-refractivity contribution in [1.29, 1.82) is 0 Å². The summed E-state index contributed by atoms with van der Waals surface area (Å²) in [5, 5.41) is 10.5. The Morgan fingerprint density at radius 3 is 2.33 bits per heavy atom. The highest BCUT2D eigenvalue weighted by Gasteiger charge is 2.16. The van der Waals surface area contributed by atoms with Gasteiger partial charge in [0.1, 0.15) is 15.8 Å². The molecule has 0 unspecified atom stereocenters. The van der Waals surface area contributed by atoms with Gasteiger partial charge in [0.05, 0.1) is 6.61 Å². The van der Waals surface area contributed by atoms with Crippen LogP contribution in [0.4, 0.5) is 8.78 Å². The number of aliphatic hydroxyl groups excluding tert-OH is 1. The predicted octanol–water partition coefficient (Wildman–Crippen LogP) is 2.04. The highest BCUT2D eigenvalue weighted by atomic mass is 32.2. The molecular weight excluding hydrogens is 320 g/mol. The van der Waals surface area contributed by atoms with Gasteiger partial charge in [-0.25, -0.2) is 21.9 Å². The molecule has 0 fully saturated rings. The first-order valence-electron chi connectivity index (χ1n) is 6.03. The van der Waals surface area contributed by atoms with Crippen LogP contribution < -0.4 is 4.72 Å². The number of rotatable bonds is 6. The molecule has 0 saturated carbocycles. The molecule has 0 aliphatic rings. The number of sulfonamides is 1. The molecule has 0 amide bonds. The summed E-state index contributed by atoms with van der Waals surface area (Å²) in [7, 11) is -3.67. The van der Waals surface area contributed by atoms with Crippen molar-refractivity contribution < 1.29 is 22.3 Å². The third kappa shape index (κ3) is 4.31. The predicted molar refractivity (Wildman–Crippen MR) is 75.5 cm³/mol. The summed E-state index contributed by atoms with van der Waals surface area (Å²) >= 11 is 1.00. The van der Waals surface area contributed by atoms with Crippen molar-refractivity contribution in [2.75, 3.05) is 6.54 Å². The minimum Gasteiger partial charge on any atom is -0.392 e. The van der Waals surface area contributed by atoms with Gasteiger partial charge in [-0.1, -0.05) is 0 Å². The molecule has 1 heterocycles. The van der Waals surface area contributed by atoms with Gasteiger partial charge in [-0.2, -0.15) is 0 Å². The van der Waals surface area contributed by atoms with E-state index in [-0.39, 0.29) is 23.8 Å². The Bertz CT molecular complexity index is 709. The van der Waals surface area contributed by atoms with Gasteiger partial charge in [-0.05, 0) is 41.1 Å². The molecule has 0 atom stereocenters. The molecule has 2 rings (SSSR count). The van der Waals surface area contributed by atoms with Crippen molar-refractivity contribution in [1.82, 2.24) is 4.72 Å². The molecule has 0 bridgehead atoms. The van der Waals surface area contributed by atoms with E-state index in [0.29, 0.717) is 11.1 Å². The van der Waals surface area contributed by atoms with Crippen molar-refractivity contribution in [2.45, 2.75) is 17.2 Å². The van der Waals surface area contributed by atoms with E-state index in [1.165, 1.54) is 6.07 Å². The summed E-state index contributed by atoms with van der Waals surface area (Å²) in [6, 6.07) is 4.46. The highest BCUT2D eigenvalue weighted by molar-refractivity contribution is 7.91. The zero-order chi connectivity index (χ0) is 15.5. The maximum Gasteiger partial charge on any atom is 0.250 e. The van der Waals surface area contributed by atoms with E-state index in [4.69, 9.17) is 5.11 Å². The molecule has 1 aromatic heterocycles. The van der Waals surface area contributed by atoms with Gasteiger partial charge < -0.3 is 5.11 Å². The topological polar surface area (TPSA) is 66.4 Å². The quantitative estimate of drug-likeness (QED) is 0.850. The number of hydrogen-bond donors (Lipinski definition) is 2. The molecule has 0 radical (unpaired) electrons. The summed E-state index contributed by atoms with van der Waals surface area (Å²) in [6.07, 6.45) is 0.173. The second kappa shape index (κ2) is 6.61. The fourth-order valence-electron chi connectivity index (χ4n) is 1.73. The fraction of sp³-hybridized carbons (Fsp3) is 0.231. The Morgan fingerprint density at radius 1 is 1.10 bits per heavy atom. The van der Waals surface area contributed by atoms with Crippen LogP contribution in [0.15, 0.2) is 33.9 Å². The maximum atomic E-state index is 13.0. The highest BCUT2D eigenvalue weighted by Crippen LogP contribution is 2.20. The fourth-order valence-corrected chi connectivity index (χ4v) is 4.01. The molecule has 0 saturated heterocycles. The van der Waals surface area contributed by atoms with Crippen LogP contribution in [0, 0.1) is 11.6 Å². The van der Waals surface area contributed by atoms with Crippen LogP contribution in [0.1, 0.15) is 11.1 Å². The average molecular weight is 333 g/mol. The van der Waals surface area contributed by atoms with E-state index in [9.17, 15) is 17.2 Å². The van der Waals surface area contributed by atoms with Crippen molar-refractivity contribution in [3.05, 3.63) is 52.4 Å². The van der Waals surface area contributed by atoms with E-state index in [1.807, 2.05) is 0 Å². The Hall–Kier alpha value is -1.35. The van der Waals surface area contributed by atoms with Crippen molar-refractivity contribution in [2.24, 2.45) is 0 Å². The number of halogens is 2. The van der Waals surface area contributed by atoms with Crippen LogP contribution in [0.25, 0.3) is 0 Å². The monoisotopic (exact) mass is 333 g/mol. The SMILES string of the molecule is O=S(=O)(NCCc1cc(F)cc(F)c1)c1cc(CO)cs1. The summed E-state index contributed by atoms with van der Waals surface area (Å²) in [5.74, 6) is -1.39. The van der Waals surface area contributed by atoms with Crippen LogP contribution >= 0.6 is 11.3 Å². The van der Waals surface area contributed by atoms with Crippen LogP contribution in [-0.4, -0.2) is 20.1 Å². The first kappa shape index (κ1) is 16.0. The third-order valence-corrected chi connectivity index (χ3v) is 5.65. The molecule has 1 aromatic carbocycles. The second-order valence-electron chi connectivity index (χ2n) is 4.36. The van der Waals surface area contributed by atoms with Gasteiger partial charge in [-0.3, -0.25) is 0 Å². The molecular formula is C13H13F2NO3S2. The average Bonchev–Trinajstić information content (AvgIpc) is 2.86. The van der Waals surface area contributed by atoms with Crippen LogP contribution in [0.2, 0.25) is 0 Å². The van der Waals surface area contributed by atoms with E-state index >= 15 is 0 Å². The van der Waals surface area contributed by atoms with E-state index in [0.717, 1.165) is 29.5 Å². The molecule has 0 aliphatic heterocycles. The lowest BCUT2D eigenvalue weighted by molar-refractivity contribution is 0.282. The van der Waals surface area contributed by atoms with E-state index in [1.54, 1.807) is 5.38 Å². The lowest BCUT2D eigenvalue weighted by atomic mass is 10.1. The van der Waals surface area contributed by atoms with Gasteiger partial charge in [0.2, 0.25) is 10.0 Å². The number of aliphatic hydroxyl groups is 1. The Kier molecular flexibility index (Phi) is 5.04. The van der Waals surface area contributed by atoms with Crippen LogP contribution in [0.3, 0.4) is 0 Å². The smallest absolute Gasteiger partial charge is 0.250 e. The van der Waals surface area contributed by atoms with Gasteiger partial charge >= 0.3 is 0 Å². The minimum atomic E-state index is -3.67. The Labute approximate surface area is 125 Å². The van der Waals surface area contributed by atoms with Gasteiger partial charge in [0.15, 0.2) is 0 Å². The Morgan fingerprint density at radius 2 is 1.76 bits per heavy atom. The lowest BCUT2D eigenvalue weighted by Gasteiger charge is -2.05. The zero-order valence-electron chi connectivity index (χ0n) is 10.8. The summed E-state index contributed by atoms with van der Waals surface area (Å²) in [4.78, 5) is 0. The number of thiophene rings is 1. The molecule has 4 nitrogen and oxygen atoms in total.